The Morgan fingerprint density at radius 1 is 1.00 bits per heavy atom. The van der Waals surface area contributed by atoms with Crippen LogP contribution in [0.3, 0.4) is 0 Å². The van der Waals surface area contributed by atoms with Gasteiger partial charge in [0.2, 0.25) is 0 Å². The van der Waals surface area contributed by atoms with Gasteiger partial charge in [-0.2, -0.15) is 0 Å². The monoisotopic (exact) mass is 267 g/mol. The third-order valence-electron chi connectivity index (χ3n) is 3.59. The second kappa shape index (κ2) is 6.49. The van der Waals surface area contributed by atoms with E-state index in [1.54, 1.807) is 0 Å². The Morgan fingerprint density at radius 3 is 2.10 bits per heavy atom. The number of hydrogen-bond acceptors (Lipinski definition) is 2. The Hall–Kier alpha value is -1.93. The van der Waals surface area contributed by atoms with Crippen LogP contribution in [0.4, 0.5) is 0 Å². The van der Waals surface area contributed by atoms with Crippen molar-refractivity contribution in [2.45, 2.75) is 18.9 Å². The molecule has 0 aliphatic rings. The third kappa shape index (κ3) is 3.55. The molecule has 104 valence electrons. The van der Waals surface area contributed by atoms with Gasteiger partial charge >= 0.3 is 0 Å². The molecule has 0 heterocycles. The maximum atomic E-state index is 11.6. The highest BCUT2D eigenvalue weighted by molar-refractivity contribution is 5.68. The topological polar surface area (TPSA) is 20.3 Å². The van der Waals surface area contributed by atoms with Crippen LogP contribution >= 0.6 is 0 Å². The number of benzene rings is 2. The fraction of sp³-hybridized carbons (Fsp3) is 0.278. The average Bonchev–Trinajstić information content (AvgIpc) is 2.49. The highest BCUT2D eigenvalue weighted by Gasteiger charge is 2.27. The molecule has 2 nitrogen and oxygen atoms in total. The number of nitrogens with zero attached hydrogens (tertiary/aromatic N) is 1. The van der Waals surface area contributed by atoms with Crippen LogP contribution in [0.5, 0.6) is 0 Å². The van der Waals surface area contributed by atoms with Gasteiger partial charge in [-0.3, -0.25) is 0 Å². The Balaban J connectivity index is 2.08. The van der Waals surface area contributed by atoms with Gasteiger partial charge in [0.05, 0.1) is 5.41 Å². The van der Waals surface area contributed by atoms with E-state index >= 15 is 0 Å². The molecule has 0 fully saturated rings. The molecular formula is C18H21NO. The molecule has 0 radical (unpaired) electrons. The lowest BCUT2D eigenvalue weighted by Gasteiger charge is -2.29. The predicted molar refractivity (Wildman–Crippen MR) is 82.6 cm³/mol. The van der Waals surface area contributed by atoms with Crippen molar-refractivity contribution in [3.05, 3.63) is 71.8 Å². The van der Waals surface area contributed by atoms with E-state index in [1.807, 2.05) is 55.5 Å². The zero-order valence-corrected chi connectivity index (χ0v) is 12.1. The fourth-order valence-corrected chi connectivity index (χ4v) is 2.53. The van der Waals surface area contributed by atoms with Crippen LogP contribution in [0.1, 0.15) is 18.1 Å². The molecule has 0 aliphatic heterocycles. The van der Waals surface area contributed by atoms with Gasteiger partial charge in [0.25, 0.3) is 0 Å². The van der Waals surface area contributed by atoms with Gasteiger partial charge in [-0.15, -0.1) is 0 Å². The van der Waals surface area contributed by atoms with Gasteiger partial charge in [0.1, 0.15) is 6.29 Å². The third-order valence-corrected chi connectivity index (χ3v) is 3.59. The first kappa shape index (κ1) is 14.5. The second-order valence-electron chi connectivity index (χ2n) is 5.56. The van der Waals surface area contributed by atoms with Crippen molar-refractivity contribution in [1.29, 1.82) is 0 Å². The summed E-state index contributed by atoms with van der Waals surface area (Å²) in [5.74, 6) is 0. The Kier molecular flexibility index (Phi) is 4.70. The lowest BCUT2D eigenvalue weighted by Crippen LogP contribution is -2.37. The van der Waals surface area contributed by atoms with Gasteiger partial charge in [0, 0.05) is 13.1 Å². The number of aldehydes is 1. The molecule has 0 amide bonds. The minimum atomic E-state index is -0.467. The van der Waals surface area contributed by atoms with E-state index in [-0.39, 0.29) is 0 Å². The quantitative estimate of drug-likeness (QED) is 0.749. The summed E-state index contributed by atoms with van der Waals surface area (Å²) < 4.78 is 0. The number of likely N-dealkylation sites (N-methyl/N-ethyl adjacent to an activating group) is 1. The molecule has 1 atom stereocenters. The highest BCUT2D eigenvalue weighted by atomic mass is 16.1. The molecule has 2 heteroatoms. The second-order valence-corrected chi connectivity index (χ2v) is 5.56. The Labute approximate surface area is 121 Å². The molecule has 2 aromatic rings. The normalized spacial score (nSPS) is 13.9. The maximum Gasteiger partial charge on any atom is 0.131 e. The lowest BCUT2D eigenvalue weighted by atomic mass is 9.83. The molecule has 1 unspecified atom stereocenters. The van der Waals surface area contributed by atoms with E-state index in [4.69, 9.17) is 0 Å². The summed E-state index contributed by atoms with van der Waals surface area (Å²) >= 11 is 0. The number of carbonyl (C=O) groups excluding carboxylic acids is 1. The van der Waals surface area contributed by atoms with Gasteiger partial charge in [0.15, 0.2) is 0 Å². The van der Waals surface area contributed by atoms with E-state index in [9.17, 15) is 4.79 Å². The van der Waals surface area contributed by atoms with E-state index in [2.05, 4.69) is 24.1 Å². The van der Waals surface area contributed by atoms with Gasteiger partial charge in [-0.1, -0.05) is 60.7 Å². The summed E-state index contributed by atoms with van der Waals surface area (Å²) in [5.41, 5.74) is 1.86. The van der Waals surface area contributed by atoms with Crippen molar-refractivity contribution in [3.8, 4) is 0 Å². The summed E-state index contributed by atoms with van der Waals surface area (Å²) in [6.07, 6.45) is 1.06. The van der Waals surface area contributed by atoms with Gasteiger partial charge < -0.3 is 9.69 Å². The van der Waals surface area contributed by atoms with Crippen molar-refractivity contribution in [2.24, 2.45) is 0 Å². The molecule has 2 rings (SSSR count). The van der Waals surface area contributed by atoms with Crippen LogP contribution < -0.4 is 0 Å². The van der Waals surface area contributed by atoms with Crippen molar-refractivity contribution in [1.82, 2.24) is 4.90 Å². The van der Waals surface area contributed by atoms with E-state index < -0.39 is 5.41 Å². The maximum absolute atomic E-state index is 11.6. The standard InChI is InChI=1S/C18H21NO/c1-18(15-20,17-11-7-4-8-12-17)14-19(2)13-16-9-5-3-6-10-16/h3-12,15H,13-14H2,1-2H3. The molecular weight excluding hydrogens is 246 g/mol. The number of carbonyl (C=O) groups is 1. The van der Waals surface area contributed by atoms with Crippen molar-refractivity contribution in [2.75, 3.05) is 13.6 Å². The lowest BCUT2D eigenvalue weighted by molar-refractivity contribution is -0.112. The first-order valence-electron chi connectivity index (χ1n) is 6.88. The van der Waals surface area contributed by atoms with Crippen molar-refractivity contribution in [3.63, 3.8) is 0 Å². The number of hydrogen-bond donors (Lipinski definition) is 0. The van der Waals surface area contributed by atoms with E-state index in [0.29, 0.717) is 6.54 Å². The van der Waals surface area contributed by atoms with Crippen LogP contribution in [-0.2, 0) is 16.8 Å². The molecule has 0 saturated carbocycles. The Morgan fingerprint density at radius 2 is 1.55 bits per heavy atom. The SMILES string of the molecule is CN(Cc1ccccc1)CC(C)(C=O)c1ccccc1. The first-order chi connectivity index (χ1) is 9.64. The van der Waals surface area contributed by atoms with Gasteiger partial charge in [-0.05, 0) is 25.1 Å². The summed E-state index contributed by atoms with van der Waals surface area (Å²) in [5, 5.41) is 0. The van der Waals surface area contributed by atoms with Crippen molar-refractivity contribution >= 4 is 6.29 Å². The minimum absolute atomic E-state index is 0.467. The first-order valence-corrected chi connectivity index (χ1v) is 6.88. The Bertz CT molecular complexity index is 538. The van der Waals surface area contributed by atoms with Crippen molar-refractivity contribution < 1.29 is 4.79 Å². The van der Waals surface area contributed by atoms with Crippen LogP contribution in [0, 0.1) is 0 Å². The van der Waals surface area contributed by atoms with E-state index in [1.165, 1.54) is 5.56 Å². The molecule has 2 aromatic carbocycles. The predicted octanol–water partition coefficient (Wildman–Crippen LogP) is 3.28. The summed E-state index contributed by atoms with van der Waals surface area (Å²) in [6, 6.07) is 20.3. The highest BCUT2D eigenvalue weighted by Crippen LogP contribution is 2.22. The van der Waals surface area contributed by atoms with Gasteiger partial charge in [-0.25, -0.2) is 0 Å². The van der Waals surface area contributed by atoms with Crippen LogP contribution in [0.2, 0.25) is 0 Å². The molecule has 0 spiro atoms. The fourth-order valence-electron chi connectivity index (χ4n) is 2.53. The molecule has 0 N–H and O–H groups in total. The summed E-state index contributed by atoms with van der Waals surface area (Å²) in [6.45, 7) is 3.54. The van der Waals surface area contributed by atoms with Crippen LogP contribution in [-0.4, -0.2) is 24.8 Å². The molecule has 0 aromatic heterocycles. The summed E-state index contributed by atoms with van der Waals surface area (Å²) in [7, 11) is 2.05. The van der Waals surface area contributed by atoms with Crippen LogP contribution in [0.25, 0.3) is 0 Å². The summed E-state index contributed by atoms with van der Waals surface area (Å²) in [4.78, 5) is 13.8. The average molecular weight is 267 g/mol. The molecule has 0 bridgehead atoms. The molecule has 0 saturated heterocycles. The largest absolute Gasteiger partial charge is 0.302 e. The van der Waals surface area contributed by atoms with Crippen LogP contribution in [0.15, 0.2) is 60.7 Å². The number of rotatable bonds is 6. The molecule has 20 heavy (non-hydrogen) atoms. The zero-order valence-electron chi connectivity index (χ0n) is 12.1. The van der Waals surface area contributed by atoms with E-state index in [0.717, 1.165) is 18.4 Å². The smallest absolute Gasteiger partial charge is 0.131 e. The molecule has 0 aliphatic carbocycles. The minimum Gasteiger partial charge on any atom is -0.302 e. The zero-order chi connectivity index (χ0) is 14.4.